The molecule has 116 valence electrons. The molecular weight excluding hydrogens is 300 g/mol. The van der Waals surface area contributed by atoms with Gasteiger partial charge in [-0.2, -0.15) is 0 Å². The fourth-order valence-electron chi connectivity index (χ4n) is 1.88. The van der Waals surface area contributed by atoms with Crippen LogP contribution in [0.2, 0.25) is 0 Å². The molecule has 2 N–H and O–H groups in total. The highest BCUT2D eigenvalue weighted by molar-refractivity contribution is 7.89. The minimum absolute atomic E-state index is 0.0296. The Bertz CT molecular complexity index is 654. The molecule has 1 aliphatic carbocycles. The predicted octanol–water partition coefficient (Wildman–Crippen LogP) is 0.654. The van der Waals surface area contributed by atoms with Crippen molar-refractivity contribution >= 4 is 15.7 Å². The van der Waals surface area contributed by atoms with E-state index in [2.05, 4.69) is 4.72 Å². The van der Waals surface area contributed by atoms with Crippen LogP contribution in [0.15, 0.2) is 23.1 Å². The molecule has 21 heavy (non-hydrogen) atoms. The topological polar surface area (TPSA) is 119 Å². The number of benzene rings is 1. The van der Waals surface area contributed by atoms with Gasteiger partial charge in [0.15, 0.2) is 0 Å². The molecule has 1 aliphatic rings. The van der Waals surface area contributed by atoms with E-state index in [4.69, 9.17) is 4.74 Å². The number of nitro benzene ring substituents is 1. The van der Waals surface area contributed by atoms with E-state index in [1.807, 2.05) is 0 Å². The first-order valence-electron chi connectivity index (χ1n) is 6.26. The fourth-order valence-corrected chi connectivity index (χ4v) is 3.23. The summed E-state index contributed by atoms with van der Waals surface area (Å²) in [6, 6.07) is 3.37. The number of aliphatic hydroxyl groups excluding tert-OH is 1. The maximum absolute atomic E-state index is 12.3. The molecule has 1 aromatic rings. The third-order valence-corrected chi connectivity index (χ3v) is 5.00. The van der Waals surface area contributed by atoms with Gasteiger partial charge in [0, 0.05) is 30.7 Å². The van der Waals surface area contributed by atoms with Gasteiger partial charge in [-0.25, -0.2) is 13.1 Å². The Morgan fingerprint density at radius 2 is 2.14 bits per heavy atom. The van der Waals surface area contributed by atoms with E-state index in [0.29, 0.717) is 0 Å². The molecule has 0 unspecified atom stereocenters. The first-order chi connectivity index (χ1) is 9.83. The zero-order chi connectivity index (χ0) is 15.7. The molecular formula is C12H16N2O6S. The summed E-state index contributed by atoms with van der Waals surface area (Å²) in [5.41, 5.74) is -0.736. The Morgan fingerprint density at radius 1 is 1.48 bits per heavy atom. The SMILES string of the molecule is COc1ccc([N+](=O)[O-])cc1S(=O)(=O)NCC1(CO)CC1. The second kappa shape index (κ2) is 5.58. The van der Waals surface area contributed by atoms with Gasteiger partial charge in [0.2, 0.25) is 10.0 Å². The molecule has 0 saturated heterocycles. The van der Waals surface area contributed by atoms with Gasteiger partial charge in [-0.1, -0.05) is 0 Å². The summed E-state index contributed by atoms with van der Waals surface area (Å²) in [5, 5.41) is 20.0. The number of ether oxygens (including phenoxy) is 1. The largest absolute Gasteiger partial charge is 0.495 e. The Labute approximate surface area is 121 Å². The molecule has 9 heteroatoms. The van der Waals surface area contributed by atoms with Crippen molar-refractivity contribution in [2.75, 3.05) is 20.3 Å². The van der Waals surface area contributed by atoms with Crippen LogP contribution in [0, 0.1) is 15.5 Å². The minimum Gasteiger partial charge on any atom is -0.495 e. The first-order valence-corrected chi connectivity index (χ1v) is 7.75. The van der Waals surface area contributed by atoms with Gasteiger partial charge in [0.1, 0.15) is 10.6 Å². The second-order valence-electron chi connectivity index (χ2n) is 5.07. The average Bonchev–Trinajstić information content (AvgIpc) is 3.25. The normalized spacial score (nSPS) is 16.5. The summed E-state index contributed by atoms with van der Waals surface area (Å²) >= 11 is 0. The van der Waals surface area contributed by atoms with Crippen LogP contribution in [0.1, 0.15) is 12.8 Å². The Balaban J connectivity index is 2.29. The smallest absolute Gasteiger partial charge is 0.271 e. The first kappa shape index (κ1) is 15.7. The monoisotopic (exact) mass is 316 g/mol. The number of hydrogen-bond donors (Lipinski definition) is 2. The van der Waals surface area contributed by atoms with Crippen LogP contribution in [0.3, 0.4) is 0 Å². The third kappa shape index (κ3) is 3.31. The van der Waals surface area contributed by atoms with Crippen molar-refractivity contribution in [1.82, 2.24) is 4.72 Å². The Morgan fingerprint density at radius 3 is 2.62 bits per heavy atom. The van der Waals surface area contributed by atoms with Crippen LogP contribution in [-0.2, 0) is 10.0 Å². The van der Waals surface area contributed by atoms with Gasteiger partial charge in [-0.15, -0.1) is 0 Å². The van der Waals surface area contributed by atoms with Crippen LogP contribution in [0.4, 0.5) is 5.69 Å². The van der Waals surface area contributed by atoms with Crippen LogP contribution >= 0.6 is 0 Å². The van der Waals surface area contributed by atoms with E-state index < -0.39 is 20.4 Å². The summed E-state index contributed by atoms with van der Waals surface area (Å²) in [6.45, 7) is -0.000722. The van der Waals surface area contributed by atoms with Gasteiger partial charge < -0.3 is 9.84 Å². The minimum atomic E-state index is -3.95. The molecule has 0 bridgehead atoms. The van der Waals surface area contributed by atoms with Gasteiger partial charge >= 0.3 is 0 Å². The van der Waals surface area contributed by atoms with Crippen LogP contribution in [0.25, 0.3) is 0 Å². The number of non-ortho nitro benzene ring substituents is 1. The maximum atomic E-state index is 12.3. The highest BCUT2D eigenvalue weighted by Crippen LogP contribution is 2.44. The fraction of sp³-hybridized carbons (Fsp3) is 0.500. The lowest BCUT2D eigenvalue weighted by Crippen LogP contribution is -2.32. The van der Waals surface area contributed by atoms with E-state index in [1.54, 1.807) is 0 Å². The molecule has 8 nitrogen and oxygen atoms in total. The molecule has 1 aromatic carbocycles. The molecule has 1 saturated carbocycles. The van der Waals surface area contributed by atoms with Crippen molar-refractivity contribution in [3.05, 3.63) is 28.3 Å². The molecule has 2 rings (SSSR count). The Kier molecular flexibility index (Phi) is 4.17. The lowest BCUT2D eigenvalue weighted by Gasteiger charge is -2.14. The molecule has 0 spiro atoms. The van der Waals surface area contributed by atoms with E-state index in [1.165, 1.54) is 19.2 Å². The predicted molar refractivity (Wildman–Crippen MR) is 73.6 cm³/mol. The molecule has 0 atom stereocenters. The summed E-state index contributed by atoms with van der Waals surface area (Å²) in [5.74, 6) is 0.0296. The number of methoxy groups -OCH3 is 1. The molecule has 0 radical (unpaired) electrons. The lowest BCUT2D eigenvalue weighted by atomic mass is 10.1. The van der Waals surface area contributed by atoms with E-state index in [-0.39, 0.29) is 29.5 Å². The Hall–Kier alpha value is -1.71. The molecule has 1 fully saturated rings. The molecule has 0 aromatic heterocycles. The number of aliphatic hydroxyl groups is 1. The van der Waals surface area contributed by atoms with E-state index in [0.717, 1.165) is 18.9 Å². The molecule has 0 heterocycles. The summed E-state index contributed by atoms with van der Waals surface area (Å²) in [7, 11) is -2.66. The van der Waals surface area contributed by atoms with E-state index in [9.17, 15) is 23.6 Å². The lowest BCUT2D eigenvalue weighted by molar-refractivity contribution is -0.385. The maximum Gasteiger partial charge on any atom is 0.271 e. The number of nitrogens with one attached hydrogen (secondary N) is 1. The second-order valence-corrected chi connectivity index (χ2v) is 6.81. The van der Waals surface area contributed by atoms with Crippen molar-refractivity contribution in [2.24, 2.45) is 5.41 Å². The summed E-state index contributed by atoms with van der Waals surface area (Å²) < 4.78 is 31.9. The summed E-state index contributed by atoms with van der Waals surface area (Å²) in [6.07, 6.45) is 1.50. The van der Waals surface area contributed by atoms with Gasteiger partial charge in [-0.05, 0) is 18.9 Å². The highest BCUT2D eigenvalue weighted by atomic mass is 32.2. The van der Waals surface area contributed by atoms with Crippen molar-refractivity contribution in [3.63, 3.8) is 0 Å². The number of nitro groups is 1. The van der Waals surface area contributed by atoms with Crippen LogP contribution < -0.4 is 9.46 Å². The standard InChI is InChI=1S/C12H16N2O6S/c1-20-10-3-2-9(14(16)17)6-11(10)21(18,19)13-7-12(8-15)4-5-12/h2-3,6,13,15H,4-5,7-8H2,1H3. The zero-order valence-corrected chi connectivity index (χ0v) is 12.2. The van der Waals surface area contributed by atoms with Crippen LogP contribution in [-0.4, -0.2) is 38.7 Å². The molecule has 0 amide bonds. The van der Waals surface area contributed by atoms with E-state index >= 15 is 0 Å². The number of hydrogen-bond acceptors (Lipinski definition) is 6. The van der Waals surface area contributed by atoms with Crippen molar-refractivity contribution in [2.45, 2.75) is 17.7 Å². The van der Waals surface area contributed by atoms with Crippen molar-refractivity contribution in [3.8, 4) is 5.75 Å². The number of sulfonamides is 1. The number of nitrogens with zero attached hydrogens (tertiary/aromatic N) is 1. The quantitative estimate of drug-likeness (QED) is 0.563. The van der Waals surface area contributed by atoms with Gasteiger partial charge in [0.05, 0.1) is 12.0 Å². The molecule has 0 aliphatic heterocycles. The summed E-state index contributed by atoms with van der Waals surface area (Å²) in [4.78, 5) is 9.81. The van der Waals surface area contributed by atoms with Gasteiger partial charge in [0.25, 0.3) is 5.69 Å². The third-order valence-electron chi connectivity index (χ3n) is 3.58. The highest BCUT2D eigenvalue weighted by Gasteiger charge is 2.43. The van der Waals surface area contributed by atoms with Crippen molar-refractivity contribution < 1.29 is 23.2 Å². The average molecular weight is 316 g/mol. The van der Waals surface area contributed by atoms with Crippen LogP contribution in [0.5, 0.6) is 5.75 Å². The zero-order valence-electron chi connectivity index (χ0n) is 11.4. The van der Waals surface area contributed by atoms with Gasteiger partial charge in [-0.3, -0.25) is 10.1 Å². The van der Waals surface area contributed by atoms with Crippen molar-refractivity contribution in [1.29, 1.82) is 0 Å². The number of rotatable bonds is 7.